The van der Waals surface area contributed by atoms with Crippen molar-refractivity contribution in [1.29, 1.82) is 0 Å². The van der Waals surface area contributed by atoms with Crippen LogP contribution in [0.1, 0.15) is 57.8 Å². The Kier molecular flexibility index (Phi) is 19.2. The number of unbranched alkanes of at least 4 members (excludes halogenated alkanes) is 1. The molecule has 0 aliphatic heterocycles. The van der Waals surface area contributed by atoms with E-state index >= 15 is 0 Å². The highest BCUT2D eigenvalue weighted by atomic mass is 16.4. The molecular weight excluding hydrogens is 524 g/mol. The highest BCUT2D eigenvalue weighted by Crippen LogP contribution is 2.07. The summed E-state index contributed by atoms with van der Waals surface area (Å²) in [4.78, 5) is 58.2. The molecule has 0 spiro atoms. The molecule has 0 aromatic carbocycles. The molecule has 40 heavy (non-hydrogen) atoms. The normalized spacial score (nSPS) is 13.7. The number of carbonyl (C=O) groups excluding carboxylic acids is 3. The molecule has 0 saturated carbocycles. The number of carboxylic acids is 1. The summed E-state index contributed by atoms with van der Waals surface area (Å²) in [6.07, 6.45) is 3.03. The van der Waals surface area contributed by atoms with Crippen LogP contribution in [0.4, 0.5) is 0 Å². The van der Waals surface area contributed by atoms with E-state index in [0.717, 1.165) is 0 Å². The van der Waals surface area contributed by atoms with Crippen LogP contribution in [0.2, 0.25) is 0 Å². The number of carbonyl (C=O) groups is 4. The Bertz CT molecular complexity index is 846. The molecule has 0 aromatic heterocycles. The number of guanidine groups is 2. The number of carboxylic acid groups (broad SMARTS) is 1. The van der Waals surface area contributed by atoms with E-state index in [0.29, 0.717) is 45.2 Å². The predicted octanol–water partition coefficient (Wildman–Crippen LogP) is -4.17. The van der Waals surface area contributed by atoms with Crippen molar-refractivity contribution in [2.45, 2.75) is 82.0 Å². The first kappa shape index (κ1) is 36.3. The lowest BCUT2D eigenvalue weighted by atomic mass is 10.0. The van der Waals surface area contributed by atoms with Crippen LogP contribution in [0.5, 0.6) is 0 Å². The Morgan fingerprint density at radius 2 is 1.02 bits per heavy atom. The van der Waals surface area contributed by atoms with Crippen molar-refractivity contribution >= 4 is 35.6 Å². The van der Waals surface area contributed by atoms with Crippen molar-refractivity contribution in [1.82, 2.24) is 16.0 Å². The summed E-state index contributed by atoms with van der Waals surface area (Å²) in [5, 5.41) is 17.3. The Balaban J connectivity index is 5.41. The van der Waals surface area contributed by atoms with E-state index < -0.39 is 47.9 Å². The largest absolute Gasteiger partial charge is 0.480 e. The van der Waals surface area contributed by atoms with Gasteiger partial charge in [-0.1, -0.05) is 0 Å². The van der Waals surface area contributed by atoms with Crippen LogP contribution in [0.15, 0.2) is 9.98 Å². The summed E-state index contributed by atoms with van der Waals surface area (Å²) in [7, 11) is 0. The summed E-state index contributed by atoms with van der Waals surface area (Å²) in [5.41, 5.74) is 38.2. The van der Waals surface area contributed by atoms with E-state index in [9.17, 15) is 24.3 Å². The van der Waals surface area contributed by atoms with Crippen molar-refractivity contribution < 1.29 is 24.3 Å². The van der Waals surface area contributed by atoms with Crippen LogP contribution in [-0.4, -0.2) is 91.1 Å². The maximum absolute atomic E-state index is 13.2. The monoisotopic (exact) mass is 572 g/mol. The van der Waals surface area contributed by atoms with Crippen LogP contribution < -0.4 is 56.1 Å². The van der Waals surface area contributed by atoms with Gasteiger partial charge in [0.2, 0.25) is 17.7 Å². The summed E-state index contributed by atoms with van der Waals surface area (Å²) in [6, 6.07) is -4.22. The lowest BCUT2D eigenvalue weighted by molar-refractivity contribution is -0.142. The number of amides is 3. The fourth-order valence-corrected chi connectivity index (χ4v) is 3.59. The van der Waals surface area contributed by atoms with Gasteiger partial charge >= 0.3 is 5.97 Å². The summed E-state index contributed by atoms with van der Waals surface area (Å²) >= 11 is 0. The zero-order chi connectivity index (χ0) is 30.5. The molecule has 0 aliphatic rings. The van der Waals surface area contributed by atoms with Crippen LogP contribution >= 0.6 is 0 Å². The topological polar surface area (TPSA) is 331 Å². The predicted molar refractivity (Wildman–Crippen MR) is 152 cm³/mol. The standard InChI is InChI=1S/C23H48N12O5/c24-10-2-1-7-15(33-18(36)14(26)6-4-12-31-22(27)28)19(37)34-16(8-3-11-25)20(38)35-17(21(39)40)9-5-13-32-23(29)30/h14-17H,1-13,24-26H2,(H,33,36)(H,34,37)(H,35,38)(H,39,40)(H4,27,28,31)(H4,29,30,32)/t14-,15+,16+,17+/m1/s1. The van der Waals surface area contributed by atoms with Gasteiger partial charge in [-0.2, -0.15) is 0 Å². The highest BCUT2D eigenvalue weighted by molar-refractivity contribution is 5.94. The van der Waals surface area contributed by atoms with E-state index in [1.54, 1.807) is 0 Å². The van der Waals surface area contributed by atoms with Crippen LogP contribution in [0.25, 0.3) is 0 Å². The SMILES string of the molecule is NCCCC[C@H](NC(=O)[C@H](N)CCCN=C(N)N)C(=O)N[C@@H](CCCN)C(=O)N[C@@H](CCCN=C(N)N)C(=O)O. The van der Waals surface area contributed by atoms with Crippen molar-refractivity contribution in [3.05, 3.63) is 0 Å². The Hall–Kier alpha value is -3.70. The molecule has 0 aliphatic carbocycles. The minimum Gasteiger partial charge on any atom is -0.480 e. The minimum atomic E-state index is -1.25. The molecule has 18 N–H and O–H groups in total. The van der Waals surface area contributed by atoms with Crippen molar-refractivity contribution in [2.24, 2.45) is 50.1 Å². The summed E-state index contributed by atoms with van der Waals surface area (Å²) in [5.74, 6) is -3.30. The zero-order valence-corrected chi connectivity index (χ0v) is 23.0. The fourth-order valence-electron chi connectivity index (χ4n) is 3.59. The molecule has 0 bridgehead atoms. The molecule has 0 fully saturated rings. The first-order chi connectivity index (χ1) is 18.9. The van der Waals surface area contributed by atoms with E-state index in [1.165, 1.54) is 0 Å². The number of hydrogen-bond acceptors (Lipinski definition) is 9. The minimum absolute atomic E-state index is 0.0637. The van der Waals surface area contributed by atoms with Gasteiger partial charge < -0.3 is 61.2 Å². The second-order valence-corrected chi connectivity index (χ2v) is 9.24. The van der Waals surface area contributed by atoms with Crippen LogP contribution in [0.3, 0.4) is 0 Å². The van der Waals surface area contributed by atoms with Gasteiger partial charge in [-0.25, -0.2) is 4.79 Å². The second kappa shape index (κ2) is 21.2. The van der Waals surface area contributed by atoms with Gasteiger partial charge in [0, 0.05) is 13.1 Å². The number of aliphatic carboxylic acids is 1. The van der Waals surface area contributed by atoms with E-state index in [-0.39, 0.29) is 50.7 Å². The molecule has 3 amide bonds. The molecule has 4 atom stereocenters. The third-order valence-electron chi connectivity index (χ3n) is 5.77. The van der Waals surface area contributed by atoms with Crippen LogP contribution in [0, 0.1) is 0 Å². The van der Waals surface area contributed by atoms with Gasteiger partial charge in [-0.05, 0) is 70.9 Å². The summed E-state index contributed by atoms with van der Waals surface area (Å²) < 4.78 is 0. The van der Waals surface area contributed by atoms with Crippen molar-refractivity contribution in [3.63, 3.8) is 0 Å². The van der Waals surface area contributed by atoms with E-state index in [2.05, 4.69) is 25.9 Å². The number of rotatable bonds is 22. The van der Waals surface area contributed by atoms with Gasteiger partial charge in [-0.15, -0.1) is 0 Å². The maximum atomic E-state index is 13.2. The molecule has 17 nitrogen and oxygen atoms in total. The number of nitrogens with one attached hydrogen (secondary N) is 3. The molecule has 0 heterocycles. The van der Waals surface area contributed by atoms with E-state index in [1.807, 2.05) is 0 Å². The number of hydrogen-bond donors (Lipinski definition) is 11. The zero-order valence-electron chi connectivity index (χ0n) is 23.0. The second-order valence-electron chi connectivity index (χ2n) is 9.24. The van der Waals surface area contributed by atoms with Crippen molar-refractivity contribution in [2.75, 3.05) is 26.2 Å². The van der Waals surface area contributed by atoms with Crippen LogP contribution in [-0.2, 0) is 19.2 Å². The first-order valence-corrected chi connectivity index (χ1v) is 13.3. The lowest BCUT2D eigenvalue weighted by Crippen LogP contribution is -2.57. The molecule has 230 valence electrons. The molecule has 0 rings (SSSR count). The van der Waals surface area contributed by atoms with E-state index in [4.69, 9.17) is 40.1 Å². The lowest BCUT2D eigenvalue weighted by Gasteiger charge is -2.25. The Morgan fingerprint density at radius 3 is 1.50 bits per heavy atom. The van der Waals surface area contributed by atoms with Crippen molar-refractivity contribution in [3.8, 4) is 0 Å². The average molecular weight is 573 g/mol. The molecule has 0 unspecified atom stereocenters. The van der Waals surface area contributed by atoms with Gasteiger partial charge in [0.15, 0.2) is 11.9 Å². The van der Waals surface area contributed by atoms with Gasteiger partial charge in [-0.3, -0.25) is 24.4 Å². The van der Waals surface area contributed by atoms with Gasteiger partial charge in [0.05, 0.1) is 6.04 Å². The fraction of sp³-hybridized carbons (Fsp3) is 0.739. The molecule has 0 radical (unpaired) electrons. The average Bonchev–Trinajstić information content (AvgIpc) is 2.89. The van der Waals surface area contributed by atoms with Gasteiger partial charge in [0.1, 0.15) is 18.1 Å². The molecular formula is C23H48N12O5. The third-order valence-corrected chi connectivity index (χ3v) is 5.77. The molecule has 0 saturated heterocycles. The highest BCUT2D eigenvalue weighted by Gasteiger charge is 2.29. The Labute approximate surface area is 234 Å². The Morgan fingerprint density at radius 1 is 0.600 bits per heavy atom. The summed E-state index contributed by atoms with van der Waals surface area (Å²) in [6.45, 7) is 1.13. The van der Waals surface area contributed by atoms with Gasteiger partial charge in [0.25, 0.3) is 0 Å². The number of nitrogens with zero attached hydrogens (tertiary/aromatic N) is 2. The third kappa shape index (κ3) is 17.0. The maximum Gasteiger partial charge on any atom is 0.326 e. The molecule has 0 aromatic rings. The molecule has 17 heteroatoms. The quantitative estimate of drug-likeness (QED) is 0.0334. The first-order valence-electron chi connectivity index (χ1n) is 13.3. The smallest absolute Gasteiger partial charge is 0.326 e. The number of nitrogens with two attached hydrogens (primary N) is 7. The number of aliphatic imine (C=N–C) groups is 2.